The highest BCUT2D eigenvalue weighted by atomic mass is 32.1. The van der Waals surface area contributed by atoms with Crippen LogP contribution in [0.25, 0.3) is 0 Å². The maximum atomic E-state index is 10.0. The number of carbonyl (C=O) groups excluding carboxylic acids is 1. The molecular formula is C9H13NOS. The van der Waals surface area contributed by atoms with Crippen molar-refractivity contribution in [2.24, 2.45) is 0 Å². The van der Waals surface area contributed by atoms with E-state index in [4.69, 9.17) is 0 Å². The molecule has 0 saturated heterocycles. The SMILES string of the molecule is Cc1csc(CCCCC=O)n1. The van der Waals surface area contributed by atoms with Gasteiger partial charge in [0.25, 0.3) is 0 Å². The van der Waals surface area contributed by atoms with Gasteiger partial charge in [-0.25, -0.2) is 4.98 Å². The highest BCUT2D eigenvalue weighted by Crippen LogP contribution is 2.11. The fourth-order valence-electron chi connectivity index (χ4n) is 1.02. The number of aldehydes is 1. The molecule has 0 bridgehead atoms. The minimum Gasteiger partial charge on any atom is -0.303 e. The van der Waals surface area contributed by atoms with Crippen molar-refractivity contribution in [2.75, 3.05) is 0 Å². The van der Waals surface area contributed by atoms with E-state index in [1.54, 1.807) is 11.3 Å². The number of carbonyl (C=O) groups is 1. The normalized spacial score (nSPS) is 10.1. The zero-order valence-electron chi connectivity index (χ0n) is 7.25. The molecule has 66 valence electrons. The molecule has 0 fully saturated rings. The first-order valence-electron chi connectivity index (χ1n) is 4.17. The maximum absolute atomic E-state index is 10.0. The summed E-state index contributed by atoms with van der Waals surface area (Å²) in [5, 5.41) is 3.26. The molecule has 0 unspecified atom stereocenters. The Kier molecular flexibility index (Phi) is 3.94. The fraction of sp³-hybridized carbons (Fsp3) is 0.556. The van der Waals surface area contributed by atoms with E-state index in [1.807, 2.05) is 6.92 Å². The molecule has 2 nitrogen and oxygen atoms in total. The Morgan fingerprint density at radius 1 is 1.58 bits per heavy atom. The van der Waals surface area contributed by atoms with Gasteiger partial charge in [0.2, 0.25) is 0 Å². The van der Waals surface area contributed by atoms with E-state index in [2.05, 4.69) is 10.4 Å². The van der Waals surface area contributed by atoms with E-state index in [0.29, 0.717) is 6.42 Å². The molecular weight excluding hydrogens is 170 g/mol. The Morgan fingerprint density at radius 2 is 2.42 bits per heavy atom. The predicted molar refractivity (Wildman–Crippen MR) is 50.5 cm³/mol. The van der Waals surface area contributed by atoms with Gasteiger partial charge >= 0.3 is 0 Å². The lowest BCUT2D eigenvalue weighted by atomic mass is 10.2. The molecule has 1 aromatic heterocycles. The molecule has 1 aromatic rings. The van der Waals surface area contributed by atoms with Gasteiger partial charge in [0.15, 0.2) is 0 Å². The van der Waals surface area contributed by atoms with Crippen molar-refractivity contribution in [3.8, 4) is 0 Å². The van der Waals surface area contributed by atoms with Crippen LogP contribution < -0.4 is 0 Å². The molecule has 0 aliphatic heterocycles. The van der Waals surface area contributed by atoms with Crippen LogP contribution in [0.3, 0.4) is 0 Å². The van der Waals surface area contributed by atoms with Crippen LogP contribution in [-0.2, 0) is 11.2 Å². The first-order chi connectivity index (χ1) is 5.83. The number of aryl methyl sites for hydroxylation is 2. The Labute approximate surface area is 76.6 Å². The highest BCUT2D eigenvalue weighted by Gasteiger charge is 1.97. The lowest BCUT2D eigenvalue weighted by molar-refractivity contribution is -0.107. The average molecular weight is 183 g/mol. The summed E-state index contributed by atoms with van der Waals surface area (Å²) in [6.45, 7) is 2.01. The van der Waals surface area contributed by atoms with Gasteiger partial charge in [-0.05, 0) is 26.2 Å². The van der Waals surface area contributed by atoms with Gasteiger partial charge in [0.05, 0.1) is 5.01 Å². The molecule has 12 heavy (non-hydrogen) atoms. The molecule has 1 heterocycles. The minimum atomic E-state index is 0.685. The van der Waals surface area contributed by atoms with Gasteiger partial charge in [-0.1, -0.05) is 0 Å². The largest absolute Gasteiger partial charge is 0.303 e. The van der Waals surface area contributed by atoms with Crippen LogP contribution in [0.15, 0.2) is 5.38 Å². The molecule has 0 radical (unpaired) electrons. The van der Waals surface area contributed by atoms with Crippen LogP contribution >= 0.6 is 11.3 Å². The molecule has 0 amide bonds. The summed E-state index contributed by atoms with van der Waals surface area (Å²) in [6, 6.07) is 0. The zero-order chi connectivity index (χ0) is 8.81. The standard InChI is InChI=1S/C9H13NOS/c1-8-7-12-9(10-8)5-3-2-4-6-11/h6-7H,2-5H2,1H3. The molecule has 1 rings (SSSR count). The predicted octanol–water partition coefficient (Wildman–Crippen LogP) is 2.36. The van der Waals surface area contributed by atoms with Crippen LogP contribution in [0, 0.1) is 6.92 Å². The topological polar surface area (TPSA) is 30.0 Å². The summed E-state index contributed by atoms with van der Waals surface area (Å²) in [6.07, 6.45) is 4.75. The fourth-order valence-corrected chi connectivity index (χ4v) is 1.84. The van der Waals surface area contributed by atoms with Gasteiger partial charge in [-0.2, -0.15) is 0 Å². The number of hydrogen-bond acceptors (Lipinski definition) is 3. The number of unbranched alkanes of at least 4 members (excludes halogenated alkanes) is 2. The second kappa shape index (κ2) is 5.04. The summed E-state index contributed by atoms with van der Waals surface area (Å²) in [5.41, 5.74) is 1.10. The quantitative estimate of drug-likeness (QED) is 0.518. The molecule has 0 saturated carbocycles. The lowest BCUT2D eigenvalue weighted by Gasteiger charge is -1.92. The first-order valence-corrected chi connectivity index (χ1v) is 5.05. The minimum absolute atomic E-state index is 0.685. The van der Waals surface area contributed by atoms with Gasteiger partial charge in [0, 0.05) is 17.5 Å². The van der Waals surface area contributed by atoms with E-state index < -0.39 is 0 Å². The van der Waals surface area contributed by atoms with Crippen LogP contribution in [0.4, 0.5) is 0 Å². The number of thiazole rings is 1. The molecule has 0 aliphatic rings. The van der Waals surface area contributed by atoms with Crippen molar-refractivity contribution in [1.29, 1.82) is 0 Å². The van der Waals surface area contributed by atoms with E-state index >= 15 is 0 Å². The smallest absolute Gasteiger partial charge is 0.119 e. The Bertz CT molecular complexity index is 244. The van der Waals surface area contributed by atoms with E-state index in [1.165, 1.54) is 5.01 Å². The number of rotatable bonds is 5. The molecule has 0 N–H and O–H groups in total. The van der Waals surface area contributed by atoms with Gasteiger partial charge < -0.3 is 4.79 Å². The third kappa shape index (κ3) is 3.13. The van der Waals surface area contributed by atoms with Crippen molar-refractivity contribution in [2.45, 2.75) is 32.6 Å². The van der Waals surface area contributed by atoms with Crippen LogP contribution in [0.2, 0.25) is 0 Å². The second-order valence-electron chi connectivity index (χ2n) is 2.80. The first kappa shape index (κ1) is 9.39. The lowest BCUT2D eigenvalue weighted by Crippen LogP contribution is -1.85. The average Bonchev–Trinajstić information content (AvgIpc) is 2.45. The molecule has 0 spiro atoms. The third-order valence-electron chi connectivity index (χ3n) is 1.63. The summed E-state index contributed by atoms with van der Waals surface area (Å²) in [7, 11) is 0. The van der Waals surface area contributed by atoms with E-state index in [0.717, 1.165) is 31.2 Å². The Morgan fingerprint density at radius 3 is 3.00 bits per heavy atom. The van der Waals surface area contributed by atoms with Crippen molar-refractivity contribution in [3.63, 3.8) is 0 Å². The summed E-state index contributed by atoms with van der Waals surface area (Å²) < 4.78 is 0. The van der Waals surface area contributed by atoms with Crippen LogP contribution in [0.5, 0.6) is 0 Å². The van der Waals surface area contributed by atoms with Crippen molar-refractivity contribution in [3.05, 3.63) is 16.1 Å². The van der Waals surface area contributed by atoms with Crippen LogP contribution in [0.1, 0.15) is 30.0 Å². The molecule has 3 heteroatoms. The molecule has 0 aliphatic carbocycles. The van der Waals surface area contributed by atoms with E-state index in [9.17, 15) is 4.79 Å². The van der Waals surface area contributed by atoms with Crippen LogP contribution in [-0.4, -0.2) is 11.3 Å². The zero-order valence-corrected chi connectivity index (χ0v) is 8.06. The van der Waals surface area contributed by atoms with Crippen molar-refractivity contribution >= 4 is 17.6 Å². The van der Waals surface area contributed by atoms with Gasteiger partial charge in [0.1, 0.15) is 6.29 Å². The summed E-state index contributed by atoms with van der Waals surface area (Å²) in [5.74, 6) is 0. The Balaban J connectivity index is 2.19. The maximum Gasteiger partial charge on any atom is 0.119 e. The summed E-state index contributed by atoms with van der Waals surface area (Å²) in [4.78, 5) is 14.3. The molecule has 0 aromatic carbocycles. The molecule has 0 atom stereocenters. The van der Waals surface area contributed by atoms with Gasteiger partial charge in [-0.15, -0.1) is 11.3 Å². The summed E-state index contributed by atoms with van der Waals surface area (Å²) >= 11 is 1.71. The highest BCUT2D eigenvalue weighted by molar-refractivity contribution is 7.09. The van der Waals surface area contributed by atoms with Crippen molar-refractivity contribution < 1.29 is 4.79 Å². The number of nitrogens with zero attached hydrogens (tertiary/aromatic N) is 1. The Hall–Kier alpha value is -0.700. The number of hydrogen-bond donors (Lipinski definition) is 0. The third-order valence-corrected chi connectivity index (χ3v) is 2.66. The van der Waals surface area contributed by atoms with Crippen molar-refractivity contribution in [1.82, 2.24) is 4.98 Å². The monoisotopic (exact) mass is 183 g/mol. The van der Waals surface area contributed by atoms with E-state index in [-0.39, 0.29) is 0 Å². The second-order valence-corrected chi connectivity index (χ2v) is 3.74. The van der Waals surface area contributed by atoms with Gasteiger partial charge in [-0.3, -0.25) is 0 Å². The number of aromatic nitrogens is 1.